The molecule has 26 heavy (non-hydrogen) atoms. The average Bonchev–Trinajstić information content (AvgIpc) is 3.15. The summed E-state index contributed by atoms with van der Waals surface area (Å²) >= 11 is 0. The SMILES string of the molecule is Cl.N[C@@H](Cc1cnc[nH]1)C(=O)Cc1ccc(OCc2ccccc2)cc1. The first kappa shape index (κ1) is 19.7. The Hall–Kier alpha value is -2.63. The Bertz CT molecular complexity index is 790. The van der Waals surface area contributed by atoms with E-state index < -0.39 is 6.04 Å². The van der Waals surface area contributed by atoms with Crippen molar-refractivity contribution in [3.05, 3.63) is 83.9 Å². The summed E-state index contributed by atoms with van der Waals surface area (Å²) in [6, 6.07) is 17.0. The summed E-state index contributed by atoms with van der Waals surface area (Å²) in [7, 11) is 0. The third-order valence-corrected chi connectivity index (χ3v) is 3.96. The summed E-state index contributed by atoms with van der Waals surface area (Å²) in [6.07, 6.45) is 4.05. The van der Waals surface area contributed by atoms with Crippen LogP contribution in [0.1, 0.15) is 16.8 Å². The molecule has 2 aromatic carbocycles. The van der Waals surface area contributed by atoms with E-state index >= 15 is 0 Å². The highest BCUT2D eigenvalue weighted by molar-refractivity contribution is 5.86. The molecule has 1 atom stereocenters. The van der Waals surface area contributed by atoms with Crippen LogP contribution >= 0.6 is 12.4 Å². The molecule has 0 fully saturated rings. The van der Waals surface area contributed by atoms with Crippen LogP contribution in [0.5, 0.6) is 5.75 Å². The summed E-state index contributed by atoms with van der Waals surface area (Å²) in [5, 5.41) is 0. The highest BCUT2D eigenvalue weighted by Gasteiger charge is 2.15. The first-order valence-corrected chi connectivity index (χ1v) is 8.22. The second kappa shape index (κ2) is 9.75. The summed E-state index contributed by atoms with van der Waals surface area (Å²) in [5.74, 6) is 0.786. The minimum absolute atomic E-state index is 0. The molecule has 3 rings (SSSR count). The lowest BCUT2D eigenvalue weighted by molar-refractivity contribution is -0.119. The van der Waals surface area contributed by atoms with Crippen LogP contribution in [-0.2, 0) is 24.2 Å². The molecule has 1 aromatic heterocycles. The van der Waals surface area contributed by atoms with Crippen molar-refractivity contribution in [2.45, 2.75) is 25.5 Å². The maximum absolute atomic E-state index is 12.2. The molecule has 0 radical (unpaired) electrons. The zero-order valence-corrected chi connectivity index (χ0v) is 15.1. The number of nitrogens with one attached hydrogen (secondary N) is 1. The third-order valence-electron chi connectivity index (χ3n) is 3.96. The smallest absolute Gasteiger partial charge is 0.154 e. The van der Waals surface area contributed by atoms with E-state index in [1.165, 1.54) is 0 Å². The Labute approximate surface area is 159 Å². The van der Waals surface area contributed by atoms with Gasteiger partial charge < -0.3 is 15.5 Å². The minimum atomic E-state index is -0.533. The molecule has 0 spiro atoms. The van der Waals surface area contributed by atoms with Gasteiger partial charge in [0, 0.05) is 24.7 Å². The van der Waals surface area contributed by atoms with Gasteiger partial charge in [-0.1, -0.05) is 42.5 Å². The number of ether oxygens (including phenoxy) is 1. The lowest BCUT2D eigenvalue weighted by Gasteiger charge is -2.10. The fourth-order valence-corrected chi connectivity index (χ4v) is 2.52. The van der Waals surface area contributed by atoms with Gasteiger partial charge in [-0.15, -0.1) is 12.4 Å². The normalized spacial score (nSPS) is 11.4. The summed E-state index contributed by atoms with van der Waals surface area (Å²) in [5.41, 5.74) is 8.89. The molecule has 0 unspecified atom stereocenters. The fourth-order valence-electron chi connectivity index (χ4n) is 2.52. The molecular weight excluding hydrogens is 350 g/mol. The highest BCUT2D eigenvalue weighted by atomic mass is 35.5. The molecule has 0 saturated carbocycles. The second-order valence-corrected chi connectivity index (χ2v) is 5.95. The Balaban J connectivity index is 0.00000243. The first-order valence-electron chi connectivity index (χ1n) is 8.22. The number of rotatable bonds is 8. The molecule has 0 amide bonds. The van der Waals surface area contributed by atoms with E-state index in [0.717, 1.165) is 22.6 Å². The fraction of sp³-hybridized carbons (Fsp3) is 0.200. The van der Waals surface area contributed by atoms with Gasteiger partial charge in [0.25, 0.3) is 0 Å². The van der Waals surface area contributed by atoms with Crippen molar-refractivity contribution in [1.29, 1.82) is 0 Å². The topological polar surface area (TPSA) is 81.0 Å². The quantitative estimate of drug-likeness (QED) is 0.637. The number of imidazole rings is 1. The van der Waals surface area contributed by atoms with E-state index in [9.17, 15) is 4.79 Å². The lowest BCUT2D eigenvalue weighted by Crippen LogP contribution is -2.34. The summed E-state index contributed by atoms with van der Waals surface area (Å²) in [4.78, 5) is 19.1. The largest absolute Gasteiger partial charge is 0.489 e. The number of aromatic nitrogens is 2. The Morgan fingerprint density at radius 1 is 1.08 bits per heavy atom. The number of nitrogens with two attached hydrogens (primary N) is 1. The van der Waals surface area contributed by atoms with Crippen LogP contribution in [0.15, 0.2) is 67.1 Å². The van der Waals surface area contributed by atoms with E-state index in [4.69, 9.17) is 10.5 Å². The van der Waals surface area contributed by atoms with Gasteiger partial charge in [-0.2, -0.15) is 0 Å². The number of halogens is 1. The van der Waals surface area contributed by atoms with Crippen molar-refractivity contribution in [1.82, 2.24) is 9.97 Å². The minimum Gasteiger partial charge on any atom is -0.489 e. The molecule has 6 heteroatoms. The van der Waals surface area contributed by atoms with Crippen LogP contribution < -0.4 is 10.5 Å². The number of carbonyl (C=O) groups is 1. The molecule has 0 aliphatic rings. The van der Waals surface area contributed by atoms with Gasteiger partial charge in [-0.3, -0.25) is 4.79 Å². The number of Topliss-reactive ketones (excluding diaryl/α,β-unsaturated/α-hetero) is 1. The summed E-state index contributed by atoms with van der Waals surface area (Å²) in [6.45, 7) is 0.522. The molecule has 136 valence electrons. The number of carbonyl (C=O) groups excluding carboxylic acids is 1. The maximum Gasteiger partial charge on any atom is 0.154 e. The standard InChI is InChI=1S/C20H21N3O2.ClH/c21-19(11-17-12-22-14-23-17)20(24)10-15-6-8-18(9-7-15)25-13-16-4-2-1-3-5-16;/h1-9,12,14,19H,10-11,13,21H2,(H,22,23);1H/t19-;/m0./s1. The van der Waals surface area contributed by atoms with Crippen LogP contribution in [0, 0.1) is 0 Å². The van der Waals surface area contributed by atoms with Crippen LogP contribution in [-0.4, -0.2) is 21.8 Å². The zero-order valence-electron chi connectivity index (χ0n) is 14.3. The van der Waals surface area contributed by atoms with Gasteiger partial charge in [-0.05, 0) is 23.3 Å². The molecule has 0 aliphatic carbocycles. The van der Waals surface area contributed by atoms with E-state index in [1.807, 2.05) is 54.6 Å². The molecule has 0 aliphatic heterocycles. The number of benzene rings is 2. The van der Waals surface area contributed by atoms with Gasteiger partial charge in [0.05, 0.1) is 12.4 Å². The molecular formula is C20H22ClN3O2. The predicted molar refractivity (Wildman–Crippen MR) is 103 cm³/mol. The van der Waals surface area contributed by atoms with Crippen LogP contribution in [0.3, 0.4) is 0 Å². The first-order chi connectivity index (χ1) is 12.2. The van der Waals surface area contributed by atoms with Gasteiger partial charge in [0.1, 0.15) is 12.4 Å². The summed E-state index contributed by atoms with van der Waals surface area (Å²) < 4.78 is 5.75. The van der Waals surface area contributed by atoms with Crippen molar-refractivity contribution >= 4 is 18.2 Å². The molecule has 0 bridgehead atoms. The lowest BCUT2D eigenvalue weighted by atomic mass is 10.0. The molecule has 0 saturated heterocycles. The highest BCUT2D eigenvalue weighted by Crippen LogP contribution is 2.15. The average molecular weight is 372 g/mol. The van der Waals surface area contributed by atoms with Crippen molar-refractivity contribution in [3.8, 4) is 5.75 Å². The number of aromatic amines is 1. The third kappa shape index (κ3) is 5.72. The van der Waals surface area contributed by atoms with E-state index in [-0.39, 0.29) is 18.2 Å². The van der Waals surface area contributed by atoms with Gasteiger partial charge >= 0.3 is 0 Å². The van der Waals surface area contributed by atoms with Gasteiger partial charge in [-0.25, -0.2) is 4.98 Å². The van der Waals surface area contributed by atoms with Gasteiger partial charge in [0.15, 0.2) is 5.78 Å². The molecule has 3 aromatic rings. The van der Waals surface area contributed by atoms with E-state index in [0.29, 0.717) is 19.4 Å². The number of nitrogens with zero attached hydrogens (tertiary/aromatic N) is 1. The molecule has 5 nitrogen and oxygen atoms in total. The molecule has 1 heterocycles. The number of hydrogen-bond donors (Lipinski definition) is 2. The Morgan fingerprint density at radius 2 is 1.81 bits per heavy atom. The second-order valence-electron chi connectivity index (χ2n) is 5.95. The monoisotopic (exact) mass is 371 g/mol. The zero-order chi connectivity index (χ0) is 17.5. The van der Waals surface area contributed by atoms with Crippen molar-refractivity contribution in [2.75, 3.05) is 0 Å². The van der Waals surface area contributed by atoms with Crippen LogP contribution in [0.25, 0.3) is 0 Å². The Morgan fingerprint density at radius 3 is 2.46 bits per heavy atom. The number of hydrogen-bond acceptors (Lipinski definition) is 4. The van der Waals surface area contributed by atoms with Crippen molar-refractivity contribution in [3.63, 3.8) is 0 Å². The number of H-pyrrole nitrogens is 1. The predicted octanol–water partition coefficient (Wildman–Crippen LogP) is 3.09. The van der Waals surface area contributed by atoms with E-state index in [1.54, 1.807) is 12.5 Å². The van der Waals surface area contributed by atoms with Crippen molar-refractivity contribution < 1.29 is 9.53 Å². The van der Waals surface area contributed by atoms with E-state index in [2.05, 4.69) is 9.97 Å². The maximum atomic E-state index is 12.2. The van der Waals surface area contributed by atoms with Gasteiger partial charge in [0.2, 0.25) is 0 Å². The Kier molecular flexibility index (Phi) is 7.38. The molecule has 3 N–H and O–H groups in total. The number of ketones is 1. The van der Waals surface area contributed by atoms with Crippen LogP contribution in [0.4, 0.5) is 0 Å². The van der Waals surface area contributed by atoms with Crippen molar-refractivity contribution in [2.24, 2.45) is 5.73 Å². The van der Waals surface area contributed by atoms with Crippen LogP contribution in [0.2, 0.25) is 0 Å².